The molecule has 0 N–H and O–H groups in total. The molecule has 0 aliphatic heterocycles. The molecule has 0 saturated heterocycles. The Balaban J connectivity index is 1.78. The van der Waals surface area contributed by atoms with Gasteiger partial charge in [0.05, 0.1) is 5.56 Å². The molecule has 3 heteroatoms. The van der Waals surface area contributed by atoms with Crippen LogP contribution in [0, 0.1) is 0 Å². The van der Waals surface area contributed by atoms with Crippen LogP contribution in [0.15, 0.2) is 60.7 Å². The largest absolute Gasteiger partial charge is 0.423 e. The lowest BCUT2D eigenvalue weighted by Gasteiger charge is -2.12. The highest BCUT2D eigenvalue weighted by Crippen LogP contribution is 2.40. The number of para-hydroxylation sites is 1. The van der Waals surface area contributed by atoms with Crippen LogP contribution in [0.25, 0.3) is 10.4 Å². The minimum Gasteiger partial charge on any atom is -0.423 e. The Kier molecular flexibility index (Phi) is 4.18. The molecule has 0 atom stereocenters. The number of aryl methyl sites for hydroxylation is 1. The predicted octanol–water partition coefficient (Wildman–Crippen LogP) is 5.51. The average Bonchev–Trinajstić information content (AvgIpc) is 3.03. The van der Waals surface area contributed by atoms with E-state index in [0.717, 1.165) is 35.3 Å². The first-order valence-electron chi connectivity index (χ1n) is 8.30. The number of fused-ring (bicyclic) bond motifs is 1. The number of hydrogen-bond donors (Lipinski definition) is 0. The van der Waals surface area contributed by atoms with E-state index in [4.69, 9.17) is 4.74 Å². The van der Waals surface area contributed by atoms with Gasteiger partial charge in [-0.3, -0.25) is 0 Å². The summed E-state index contributed by atoms with van der Waals surface area (Å²) in [6, 6.07) is 19.5. The zero-order chi connectivity index (χ0) is 16.4. The van der Waals surface area contributed by atoms with Crippen molar-refractivity contribution in [3.05, 3.63) is 76.7 Å². The van der Waals surface area contributed by atoms with Crippen LogP contribution in [0.4, 0.5) is 0 Å². The van der Waals surface area contributed by atoms with E-state index in [0.29, 0.717) is 5.75 Å². The van der Waals surface area contributed by atoms with Gasteiger partial charge in [-0.15, -0.1) is 11.3 Å². The van der Waals surface area contributed by atoms with Gasteiger partial charge in [0.25, 0.3) is 0 Å². The minimum atomic E-state index is -0.237. The van der Waals surface area contributed by atoms with Gasteiger partial charge in [0.2, 0.25) is 0 Å². The first-order valence-corrected chi connectivity index (χ1v) is 9.12. The van der Waals surface area contributed by atoms with E-state index in [1.807, 2.05) is 48.5 Å². The van der Waals surface area contributed by atoms with Gasteiger partial charge in [0.1, 0.15) is 5.75 Å². The van der Waals surface area contributed by atoms with Gasteiger partial charge in [0, 0.05) is 9.75 Å². The van der Waals surface area contributed by atoms with Crippen molar-refractivity contribution in [2.24, 2.45) is 0 Å². The fraction of sp³-hybridized carbons (Fsp3) is 0.190. The molecule has 0 amide bonds. The van der Waals surface area contributed by atoms with E-state index in [9.17, 15) is 4.79 Å². The minimum absolute atomic E-state index is 0.237. The van der Waals surface area contributed by atoms with Crippen LogP contribution in [0.1, 0.15) is 33.6 Å². The van der Waals surface area contributed by atoms with E-state index in [1.54, 1.807) is 11.3 Å². The number of esters is 1. The second kappa shape index (κ2) is 6.62. The van der Waals surface area contributed by atoms with Gasteiger partial charge in [-0.05, 0) is 48.9 Å². The Labute approximate surface area is 145 Å². The molecule has 0 bridgehead atoms. The van der Waals surface area contributed by atoms with Crippen LogP contribution in [-0.4, -0.2) is 5.97 Å². The Morgan fingerprint density at radius 3 is 2.29 bits per heavy atom. The number of rotatable bonds is 3. The summed E-state index contributed by atoms with van der Waals surface area (Å²) < 4.78 is 5.65. The maximum atomic E-state index is 12.9. The molecule has 0 spiro atoms. The lowest BCUT2D eigenvalue weighted by Crippen LogP contribution is -2.13. The summed E-state index contributed by atoms with van der Waals surface area (Å²) in [5, 5.41) is 0. The maximum Gasteiger partial charge on any atom is 0.345 e. The number of thiophene rings is 1. The number of carbonyl (C=O) groups is 1. The lowest BCUT2D eigenvalue weighted by atomic mass is 9.94. The Morgan fingerprint density at radius 2 is 1.54 bits per heavy atom. The molecule has 3 aromatic rings. The number of benzene rings is 2. The molecular weight excluding hydrogens is 316 g/mol. The summed E-state index contributed by atoms with van der Waals surface area (Å²) in [7, 11) is 0. The molecule has 0 radical (unpaired) electrons. The zero-order valence-electron chi connectivity index (χ0n) is 13.3. The molecule has 120 valence electrons. The van der Waals surface area contributed by atoms with Gasteiger partial charge in [-0.1, -0.05) is 48.5 Å². The molecule has 2 nitrogen and oxygen atoms in total. The Bertz CT molecular complexity index is 850. The number of ether oxygens (including phenoxy) is 1. The summed E-state index contributed by atoms with van der Waals surface area (Å²) >= 11 is 1.75. The highest BCUT2D eigenvalue weighted by Gasteiger charge is 2.27. The smallest absolute Gasteiger partial charge is 0.345 e. The standard InChI is InChI=1S/C21H18O2S/c22-21(23-16-11-5-2-6-12-16)19-17-13-7-8-14-18(17)24-20(19)15-9-3-1-4-10-15/h1-6,9-12H,7-8,13-14H2. The third kappa shape index (κ3) is 2.87. The SMILES string of the molecule is O=C(Oc1ccccc1)c1c(-c2ccccc2)sc2c1CCCC2. The van der Waals surface area contributed by atoms with Crippen LogP contribution in [0.5, 0.6) is 5.75 Å². The van der Waals surface area contributed by atoms with Crippen molar-refractivity contribution >= 4 is 17.3 Å². The van der Waals surface area contributed by atoms with Crippen molar-refractivity contribution in [3.8, 4) is 16.2 Å². The third-order valence-corrected chi connectivity index (χ3v) is 5.71. The molecule has 1 aliphatic carbocycles. The number of hydrogen-bond acceptors (Lipinski definition) is 3. The summed E-state index contributed by atoms with van der Waals surface area (Å²) in [4.78, 5) is 15.3. The van der Waals surface area contributed by atoms with Gasteiger partial charge >= 0.3 is 5.97 Å². The van der Waals surface area contributed by atoms with E-state index >= 15 is 0 Å². The fourth-order valence-corrected chi connectivity index (χ4v) is 4.60. The molecule has 0 saturated carbocycles. The quantitative estimate of drug-likeness (QED) is 0.466. The van der Waals surface area contributed by atoms with Crippen molar-refractivity contribution in [3.63, 3.8) is 0 Å². The van der Waals surface area contributed by atoms with Gasteiger partial charge in [0.15, 0.2) is 0 Å². The molecular formula is C21H18O2S. The number of carbonyl (C=O) groups excluding carboxylic acids is 1. The van der Waals surface area contributed by atoms with Crippen LogP contribution < -0.4 is 4.74 Å². The normalized spacial score (nSPS) is 13.3. The summed E-state index contributed by atoms with van der Waals surface area (Å²) in [5.41, 5.74) is 3.06. The lowest BCUT2D eigenvalue weighted by molar-refractivity contribution is 0.0734. The third-order valence-electron chi connectivity index (χ3n) is 4.37. The van der Waals surface area contributed by atoms with Gasteiger partial charge in [-0.2, -0.15) is 0 Å². The zero-order valence-corrected chi connectivity index (χ0v) is 14.1. The molecule has 1 heterocycles. The van der Waals surface area contributed by atoms with Crippen molar-refractivity contribution in [1.29, 1.82) is 0 Å². The van der Waals surface area contributed by atoms with E-state index < -0.39 is 0 Å². The monoisotopic (exact) mass is 334 g/mol. The van der Waals surface area contributed by atoms with Crippen LogP contribution in [0.3, 0.4) is 0 Å². The van der Waals surface area contributed by atoms with E-state index in [1.165, 1.54) is 16.9 Å². The molecule has 2 aromatic carbocycles. The molecule has 24 heavy (non-hydrogen) atoms. The summed E-state index contributed by atoms with van der Waals surface area (Å²) in [6.45, 7) is 0. The van der Waals surface area contributed by atoms with Gasteiger partial charge in [-0.25, -0.2) is 4.79 Å². The maximum absolute atomic E-state index is 12.9. The highest BCUT2D eigenvalue weighted by molar-refractivity contribution is 7.16. The van der Waals surface area contributed by atoms with Crippen molar-refractivity contribution in [2.45, 2.75) is 25.7 Å². The second-order valence-electron chi connectivity index (χ2n) is 5.98. The Hall–Kier alpha value is -2.39. The van der Waals surface area contributed by atoms with Crippen molar-refractivity contribution in [2.75, 3.05) is 0 Å². The van der Waals surface area contributed by atoms with Crippen LogP contribution in [-0.2, 0) is 12.8 Å². The van der Waals surface area contributed by atoms with Crippen LogP contribution in [0.2, 0.25) is 0 Å². The van der Waals surface area contributed by atoms with E-state index in [2.05, 4.69) is 12.1 Å². The topological polar surface area (TPSA) is 26.3 Å². The average molecular weight is 334 g/mol. The first kappa shape index (κ1) is 15.2. The molecule has 0 unspecified atom stereocenters. The van der Waals surface area contributed by atoms with Crippen LogP contribution >= 0.6 is 11.3 Å². The van der Waals surface area contributed by atoms with Gasteiger partial charge < -0.3 is 4.74 Å². The molecule has 4 rings (SSSR count). The predicted molar refractivity (Wildman–Crippen MR) is 97.8 cm³/mol. The second-order valence-corrected chi connectivity index (χ2v) is 7.09. The molecule has 1 aromatic heterocycles. The fourth-order valence-electron chi connectivity index (χ4n) is 3.22. The molecule has 1 aliphatic rings. The van der Waals surface area contributed by atoms with Crippen molar-refractivity contribution < 1.29 is 9.53 Å². The summed E-state index contributed by atoms with van der Waals surface area (Å²) in [6.07, 6.45) is 4.38. The molecule has 0 fully saturated rings. The van der Waals surface area contributed by atoms with E-state index in [-0.39, 0.29) is 5.97 Å². The first-order chi connectivity index (χ1) is 11.8. The highest BCUT2D eigenvalue weighted by atomic mass is 32.1. The summed E-state index contributed by atoms with van der Waals surface area (Å²) in [5.74, 6) is 0.358. The Morgan fingerprint density at radius 1 is 0.875 bits per heavy atom. The van der Waals surface area contributed by atoms with Crippen molar-refractivity contribution in [1.82, 2.24) is 0 Å².